The van der Waals surface area contributed by atoms with E-state index in [0.717, 1.165) is 23.9 Å². The van der Waals surface area contributed by atoms with Gasteiger partial charge >= 0.3 is 0 Å². The fraction of sp³-hybridized carbons (Fsp3) is 0.0400. The molecule has 7 nitrogen and oxygen atoms in total. The monoisotopic (exact) mass is 457 g/mol. The van der Waals surface area contributed by atoms with Crippen molar-refractivity contribution >= 4 is 12.2 Å². The van der Waals surface area contributed by atoms with Crippen LogP contribution in [0, 0.1) is 23.0 Å². The van der Waals surface area contributed by atoms with Gasteiger partial charge in [-0.15, -0.1) is 0 Å². The first-order valence-electron chi connectivity index (χ1n) is 10.1. The van der Waals surface area contributed by atoms with Crippen molar-refractivity contribution in [3.05, 3.63) is 111 Å². The van der Waals surface area contributed by atoms with Gasteiger partial charge in [-0.2, -0.15) is 10.4 Å². The Bertz CT molecular complexity index is 1410. The number of hydrogen-bond acceptors (Lipinski definition) is 6. The third-order valence-corrected chi connectivity index (χ3v) is 4.71. The molecule has 1 aromatic heterocycles. The third kappa shape index (κ3) is 5.14. The summed E-state index contributed by atoms with van der Waals surface area (Å²) < 4.78 is 34.1. The maximum atomic E-state index is 14.4. The summed E-state index contributed by atoms with van der Waals surface area (Å²) in [6.45, 7) is 0.0190. The normalized spacial score (nSPS) is 10.7. The van der Waals surface area contributed by atoms with E-state index < -0.39 is 22.9 Å². The topological polar surface area (TPSA) is 103 Å². The SMILES string of the molecule is N#Cc1c(-c2ccccc2)nc(NN=Cc2cc(F)c(OCc3ccccc3)c(F)c2)[nH]c1=O. The number of benzene rings is 3. The Morgan fingerprint density at radius 2 is 1.71 bits per heavy atom. The Balaban J connectivity index is 1.51. The Morgan fingerprint density at radius 3 is 2.35 bits per heavy atom. The third-order valence-electron chi connectivity index (χ3n) is 4.71. The molecule has 9 heteroatoms. The van der Waals surface area contributed by atoms with Gasteiger partial charge in [-0.05, 0) is 17.7 Å². The lowest BCUT2D eigenvalue weighted by Gasteiger charge is -2.09. The molecule has 4 aromatic rings. The zero-order valence-electron chi connectivity index (χ0n) is 17.6. The summed E-state index contributed by atoms with van der Waals surface area (Å²) >= 11 is 0. The number of hydrogen-bond donors (Lipinski definition) is 2. The lowest BCUT2D eigenvalue weighted by molar-refractivity contribution is 0.274. The molecule has 0 atom stereocenters. The Morgan fingerprint density at radius 1 is 1.06 bits per heavy atom. The summed E-state index contributed by atoms with van der Waals surface area (Å²) in [5.41, 5.74) is 3.37. The lowest BCUT2D eigenvalue weighted by atomic mass is 10.1. The molecule has 0 radical (unpaired) electrons. The van der Waals surface area contributed by atoms with Crippen molar-refractivity contribution in [3.8, 4) is 23.1 Å². The van der Waals surface area contributed by atoms with Crippen LogP contribution in [0.5, 0.6) is 5.75 Å². The number of nitrogens with zero attached hydrogens (tertiary/aromatic N) is 3. The number of hydrazone groups is 1. The molecular weight excluding hydrogens is 440 g/mol. The van der Waals surface area contributed by atoms with Gasteiger partial charge in [0.05, 0.1) is 11.9 Å². The van der Waals surface area contributed by atoms with E-state index in [4.69, 9.17) is 4.74 Å². The molecular formula is C25H17F2N5O2. The maximum Gasteiger partial charge on any atom is 0.270 e. The molecule has 34 heavy (non-hydrogen) atoms. The number of nitriles is 1. The molecule has 0 saturated carbocycles. The van der Waals surface area contributed by atoms with Crippen molar-refractivity contribution in [2.45, 2.75) is 6.61 Å². The van der Waals surface area contributed by atoms with Crippen LogP contribution in [0.3, 0.4) is 0 Å². The van der Waals surface area contributed by atoms with Gasteiger partial charge in [0.25, 0.3) is 5.56 Å². The lowest BCUT2D eigenvalue weighted by Crippen LogP contribution is -2.16. The zero-order chi connectivity index (χ0) is 23.9. The van der Waals surface area contributed by atoms with Crippen LogP contribution in [-0.2, 0) is 6.61 Å². The van der Waals surface area contributed by atoms with Crippen LogP contribution in [0.25, 0.3) is 11.3 Å². The van der Waals surface area contributed by atoms with Crippen LogP contribution in [0.2, 0.25) is 0 Å². The van der Waals surface area contributed by atoms with E-state index in [1.165, 1.54) is 0 Å². The van der Waals surface area contributed by atoms with Crippen LogP contribution in [0.4, 0.5) is 14.7 Å². The average Bonchev–Trinajstić information content (AvgIpc) is 2.84. The number of ether oxygens (including phenoxy) is 1. The second-order valence-corrected chi connectivity index (χ2v) is 7.07. The van der Waals surface area contributed by atoms with Crippen LogP contribution >= 0.6 is 0 Å². The van der Waals surface area contributed by atoms with Crippen molar-refractivity contribution < 1.29 is 13.5 Å². The number of nitrogens with one attached hydrogen (secondary N) is 2. The first kappa shape index (κ1) is 22.4. The van der Waals surface area contributed by atoms with Gasteiger partial charge in [-0.1, -0.05) is 60.7 Å². The standard InChI is InChI=1S/C25H17F2N5O2/c26-20-11-17(12-21(27)23(20)34-15-16-7-3-1-4-8-16)14-29-32-25-30-22(18-9-5-2-6-10-18)19(13-28)24(33)31-25/h1-12,14H,15H2,(H2,30,31,32,33). The summed E-state index contributed by atoms with van der Waals surface area (Å²) in [5, 5.41) is 13.2. The van der Waals surface area contributed by atoms with E-state index in [9.17, 15) is 18.8 Å². The predicted octanol–water partition coefficient (Wildman–Crippen LogP) is 4.61. The van der Waals surface area contributed by atoms with Crippen molar-refractivity contribution in [1.29, 1.82) is 5.26 Å². The van der Waals surface area contributed by atoms with Gasteiger partial charge in [-0.3, -0.25) is 9.78 Å². The van der Waals surface area contributed by atoms with Crippen molar-refractivity contribution in [2.24, 2.45) is 5.10 Å². The van der Waals surface area contributed by atoms with Crippen LogP contribution < -0.4 is 15.7 Å². The van der Waals surface area contributed by atoms with Gasteiger partial charge in [0, 0.05) is 11.1 Å². The molecule has 3 aromatic carbocycles. The summed E-state index contributed by atoms with van der Waals surface area (Å²) in [6, 6.07) is 21.7. The van der Waals surface area contributed by atoms with Gasteiger partial charge in [0.15, 0.2) is 17.4 Å². The second kappa shape index (κ2) is 10.2. The summed E-state index contributed by atoms with van der Waals surface area (Å²) in [7, 11) is 0. The highest BCUT2D eigenvalue weighted by Gasteiger charge is 2.14. The van der Waals surface area contributed by atoms with Gasteiger partial charge in [0.1, 0.15) is 18.2 Å². The smallest absolute Gasteiger partial charge is 0.270 e. The molecule has 0 fully saturated rings. The molecule has 1 heterocycles. The quantitative estimate of drug-likeness (QED) is 0.312. The van der Waals surface area contributed by atoms with E-state index in [0.29, 0.717) is 5.56 Å². The molecule has 2 N–H and O–H groups in total. The van der Waals surface area contributed by atoms with Crippen LogP contribution in [0.15, 0.2) is 82.7 Å². The highest BCUT2D eigenvalue weighted by atomic mass is 19.1. The Labute approximate surface area is 193 Å². The number of aromatic amines is 1. The molecule has 0 spiro atoms. The van der Waals surface area contributed by atoms with Gasteiger partial charge in [-0.25, -0.2) is 19.2 Å². The minimum Gasteiger partial charge on any atom is -0.483 e. The minimum atomic E-state index is -0.881. The van der Waals surface area contributed by atoms with Crippen molar-refractivity contribution in [3.63, 3.8) is 0 Å². The molecule has 0 amide bonds. The summed E-state index contributed by atoms with van der Waals surface area (Å²) in [5.74, 6) is -2.29. The zero-order valence-corrected chi connectivity index (χ0v) is 17.6. The average molecular weight is 457 g/mol. The van der Waals surface area contributed by atoms with Crippen LogP contribution in [-0.4, -0.2) is 16.2 Å². The number of aromatic nitrogens is 2. The molecule has 0 aliphatic heterocycles. The number of rotatable bonds is 7. The summed E-state index contributed by atoms with van der Waals surface area (Å²) in [6.07, 6.45) is 1.16. The molecule has 0 bridgehead atoms. The first-order valence-corrected chi connectivity index (χ1v) is 10.1. The van der Waals surface area contributed by atoms with E-state index >= 15 is 0 Å². The number of anilines is 1. The predicted molar refractivity (Wildman–Crippen MR) is 123 cm³/mol. The fourth-order valence-corrected chi connectivity index (χ4v) is 3.12. The molecule has 0 unspecified atom stereocenters. The maximum absolute atomic E-state index is 14.4. The van der Waals surface area contributed by atoms with Crippen molar-refractivity contribution in [2.75, 3.05) is 5.43 Å². The molecule has 0 aliphatic carbocycles. The van der Waals surface area contributed by atoms with Gasteiger partial charge in [0.2, 0.25) is 5.95 Å². The molecule has 0 saturated heterocycles. The number of H-pyrrole nitrogens is 1. The highest BCUT2D eigenvalue weighted by molar-refractivity contribution is 5.80. The highest BCUT2D eigenvalue weighted by Crippen LogP contribution is 2.24. The Hall–Kier alpha value is -4.84. The largest absolute Gasteiger partial charge is 0.483 e. The Kier molecular flexibility index (Phi) is 6.70. The van der Waals surface area contributed by atoms with Crippen molar-refractivity contribution in [1.82, 2.24) is 9.97 Å². The molecule has 168 valence electrons. The minimum absolute atomic E-state index is 0.0190. The molecule has 0 aliphatic rings. The van der Waals surface area contributed by atoms with E-state index in [1.807, 2.05) is 12.1 Å². The fourth-order valence-electron chi connectivity index (χ4n) is 3.12. The second-order valence-electron chi connectivity index (χ2n) is 7.07. The first-order chi connectivity index (χ1) is 16.5. The van der Waals surface area contributed by atoms with Crippen LogP contribution in [0.1, 0.15) is 16.7 Å². The van der Waals surface area contributed by atoms with Gasteiger partial charge < -0.3 is 4.74 Å². The number of halogens is 2. The van der Waals surface area contributed by atoms with E-state index in [2.05, 4.69) is 20.5 Å². The summed E-state index contributed by atoms with van der Waals surface area (Å²) in [4.78, 5) is 18.9. The molecule has 4 rings (SSSR count). The van der Waals surface area contributed by atoms with E-state index in [1.54, 1.807) is 54.6 Å². The van der Waals surface area contributed by atoms with E-state index in [-0.39, 0.29) is 29.4 Å².